The molecule has 0 bridgehead atoms. The molecule has 1 aliphatic rings. The first kappa shape index (κ1) is 18.6. The SMILES string of the molecule is COc1ccc(NC(N)=NCC2(c3ccc(Br)cc3)CCC2)cc1OC. The van der Waals surface area contributed by atoms with Crippen LogP contribution in [0.2, 0.25) is 0 Å². The molecule has 2 aromatic rings. The van der Waals surface area contributed by atoms with Gasteiger partial charge in [-0.05, 0) is 42.7 Å². The summed E-state index contributed by atoms with van der Waals surface area (Å²) in [5.41, 5.74) is 8.36. The maximum absolute atomic E-state index is 6.12. The molecule has 0 atom stereocenters. The first-order valence-electron chi connectivity index (χ1n) is 8.61. The van der Waals surface area contributed by atoms with Gasteiger partial charge in [-0.3, -0.25) is 4.99 Å². The Morgan fingerprint density at radius 3 is 2.38 bits per heavy atom. The smallest absolute Gasteiger partial charge is 0.193 e. The molecule has 0 aromatic heterocycles. The Hall–Kier alpha value is -2.21. The van der Waals surface area contributed by atoms with Crippen LogP contribution >= 0.6 is 15.9 Å². The number of benzene rings is 2. The molecule has 0 saturated heterocycles. The lowest BCUT2D eigenvalue weighted by molar-refractivity contribution is 0.254. The predicted molar refractivity (Wildman–Crippen MR) is 109 cm³/mol. The van der Waals surface area contributed by atoms with Crippen molar-refractivity contribution in [2.45, 2.75) is 24.7 Å². The maximum atomic E-state index is 6.12. The number of nitrogens with two attached hydrogens (primary N) is 1. The van der Waals surface area contributed by atoms with Crippen LogP contribution in [0.15, 0.2) is 51.9 Å². The number of anilines is 1. The fourth-order valence-corrected chi connectivity index (χ4v) is 3.55. The lowest BCUT2D eigenvalue weighted by atomic mass is 9.64. The molecule has 0 radical (unpaired) electrons. The van der Waals surface area contributed by atoms with Gasteiger partial charge < -0.3 is 20.5 Å². The minimum atomic E-state index is 0.102. The van der Waals surface area contributed by atoms with Crippen LogP contribution in [-0.4, -0.2) is 26.7 Å². The molecule has 5 nitrogen and oxygen atoms in total. The molecule has 3 rings (SSSR count). The zero-order chi connectivity index (χ0) is 18.6. The summed E-state index contributed by atoms with van der Waals surface area (Å²) in [6.07, 6.45) is 3.51. The number of halogens is 1. The molecular formula is C20H24BrN3O2. The molecule has 6 heteroatoms. The van der Waals surface area contributed by atoms with Crippen LogP contribution in [0.3, 0.4) is 0 Å². The van der Waals surface area contributed by atoms with Crippen LogP contribution in [0.4, 0.5) is 5.69 Å². The van der Waals surface area contributed by atoms with Crippen molar-refractivity contribution in [2.24, 2.45) is 10.7 Å². The summed E-state index contributed by atoms with van der Waals surface area (Å²) in [6, 6.07) is 14.1. The quantitative estimate of drug-likeness (QED) is 0.542. The number of nitrogens with zero attached hydrogens (tertiary/aromatic N) is 1. The molecule has 2 aromatic carbocycles. The Morgan fingerprint density at radius 2 is 1.81 bits per heavy atom. The Kier molecular flexibility index (Phi) is 5.71. The van der Waals surface area contributed by atoms with Gasteiger partial charge in [0.2, 0.25) is 0 Å². The Morgan fingerprint density at radius 1 is 1.12 bits per heavy atom. The molecule has 0 aliphatic heterocycles. The normalized spacial score (nSPS) is 15.9. The van der Waals surface area contributed by atoms with Gasteiger partial charge in [0.05, 0.1) is 20.8 Å². The molecule has 0 heterocycles. The van der Waals surface area contributed by atoms with Crippen LogP contribution in [0.1, 0.15) is 24.8 Å². The lowest BCUT2D eigenvalue weighted by Crippen LogP contribution is -2.38. The van der Waals surface area contributed by atoms with E-state index in [2.05, 4.69) is 50.5 Å². The fourth-order valence-electron chi connectivity index (χ4n) is 3.28. The van der Waals surface area contributed by atoms with E-state index in [1.54, 1.807) is 14.2 Å². The molecule has 1 fully saturated rings. The number of nitrogens with one attached hydrogen (secondary N) is 1. The number of aliphatic imine (C=N–C) groups is 1. The van der Waals surface area contributed by atoms with Gasteiger partial charge in [-0.2, -0.15) is 0 Å². The second kappa shape index (κ2) is 7.99. The molecule has 0 amide bonds. The van der Waals surface area contributed by atoms with Crippen molar-refractivity contribution in [1.29, 1.82) is 0 Å². The lowest BCUT2D eigenvalue weighted by Gasteiger charge is -2.41. The highest BCUT2D eigenvalue weighted by atomic mass is 79.9. The Labute approximate surface area is 162 Å². The van der Waals surface area contributed by atoms with Gasteiger partial charge in [0.1, 0.15) is 0 Å². The van der Waals surface area contributed by atoms with E-state index in [4.69, 9.17) is 15.2 Å². The average Bonchev–Trinajstić information content (AvgIpc) is 2.62. The van der Waals surface area contributed by atoms with Crippen molar-refractivity contribution in [3.8, 4) is 11.5 Å². The Bertz CT molecular complexity index is 786. The second-order valence-electron chi connectivity index (χ2n) is 6.54. The fraction of sp³-hybridized carbons (Fsp3) is 0.350. The van der Waals surface area contributed by atoms with Crippen molar-refractivity contribution < 1.29 is 9.47 Å². The summed E-state index contributed by atoms with van der Waals surface area (Å²) < 4.78 is 11.7. The van der Waals surface area contributed by atoms with Crippen LogP contribution in [-0.2, 0) is 5.41 Å². The van der Waals surface area contributed by atoms with E-state index >= 15 is 0 Å². The summed E-state index contributed by atoms with van der Waals surface area (Å²) in [6.45, 7) is 0.681. The third-order valence-corrected chi connectivity index (χ3v) is 5.50. The van der Waals surface area contributed by atoms with Gasteiger partial charge in [0.25, 0.3) is 0 Å². The zero-order valence-electron chi connectivity index (χ0n) is 15.1. The first-order chi connectivity index (χ1) is 12.6. The van der Waals surface area contributed by atoms with Crippen LogP contribution in [0.5, 0.6) is 11.5 Å². The van der Waals surface area contributed by atoms with E-state index in [1.165, 1.54) is 12.0 Å². The average molecular weight is 418 g/mol. The van der Waals surface area contributed by atoms with Crippen molar-refractivity contribution in [1.82, 2.24) is 0 Å². The van der Waals surface area contributed by atoms with E-state index < -0.39 is 0 Å². The van der Waals surface area contributed by atoms with Gasteiger partial charge in [0, 0.05) is 21.6 Å². The predicted octanol–water partition coefficient (Wildman–Crippen LogP) is 4.31. The highest BCUT2D eigenvalue weighted by Crippen LogP contribution is 2.44. The van der Waals surface area contributed by atoms with Crippen molar-refractivity contribution in [3.63, 3.8) is 0 Å². The van der Waals surface area contributed by atoms with E-state index in [1.807, 2.05) is 18.2 Å². The molecule has 1 saturated carbocycles. The van der Waals surface area contributed by atoms with E-state index in [0.29, 0.717) is 24.0 Å². The topological polar surface area (TPSA) is 68.9 Å². The number of ether oxygens (including phenoxy) is 2. The Balaban J connectivity index is 1.70. The summed E-state index contributed by atoms with van der Waals surface area (Å²) >= 11 is 3.50. The molecule has 26 heavy (non-hydrogen) atoms. The molecule has 3 N–H and O–H groups in total. The second-order valence-corrected chi connectivity index (χ2v) is 7.45. The first-order valence-corrected chi connectivity index (χ1v) is 9.41. The minimum absolute atomic E-state index is 0.102. The maximum Gasteiger partial charge on any atom is 0.193 e. The highest BCUT2D eigenvalue weighted by molar-refractivity contribution is 9.10. The molecule has 1 aliphatic carbocycles. The van der Waals surface area contributed by atoms with E-state index in [0.717, 1.165) is 23.0 Å². The minimum Gasteiger partial charge on any atom is -0.493 e. The molecule has 0 unspecified atom stereocenters. The molecule has 138 valence electrons. The zero-order valence-corrected chi connectivity index (χ0v) is 16.7. The number of hydrogen-bond acceptors (Lipinski definition) is 3. The highest BCUT2D eigenvalue weighted by Gasteiger charge is 2.38. The standard InChI is InChI=1S/C20H24BrN3O2/c1-25-17-9-8-16(12-18(17)26-2)24-19(22)23-13-20(10-3-11-20)14-4-6-15(21)7-5-14/h4-9,12H,3,10-11,13H2,1-2H3,(H3,22,23,24). The van der Waals surface area contributed by atoms with Crippen LogP contribution in [0, 0.1) is 0 Å². The summed E-state index contributed by atoms with van der Waals surface area (Å²) in [7, 11) is 3.22. The summed E-state index contributed by atoms with van der Waals surface area (Å²) in [5.74, 6) is 1.73. The van der Waals surface area contributed by atoms with Crippen molar-refractivity contribution >= 4 is 27.6 Å². The van der Waals surface area contributed by atoms with Gasteiger partial charge in [0.15, 0.2) is 17.5 Å². The summed E-state index contributed by atoms with van der Waals surface area (Å²) in [4.78, 5) is 4.61. The van der Waals surface area contributed by atoms with Gasteiger partial charge in [-0.25, -0.2) is 0 Å². The van der Waals surface area contributed by atoms with E-state index in [9.17, 15) is 0 Å². The summed E-state index contributed by atoms with van der Waals surface area (Å²) in [5, 5.41) is 3.13. The van der Waals surface area contributed by atoms with Gasteiger partial charge in [-0.15, -0.1) is 0 Å². The number of rotatable bonds is 6. The van der Waals surface area contributed by atoms with Gasteiger partial charge >= 0.3 is 0 Å². The monoisotopic (exact) mass is 417 g/mol. The van der Waals surface area contributed by atoms with E-state index in [-0.39, 0.29) is 5.41 Å². The third kappa shape index (κ3) is 3.96. The number of guanidine groups is 1. The largest absolute Gasteiger partial charge is 0.493 e. The number of methoxy groups -OCH3 is 2. The molecule has 0 spiro atoms. The number of hydrogen-bond donors (Lipinski definition) is 2. The van der Waals surface area contributed by atoms with Crippen molar-refractivity contribution in [3.05, 3.63) is 52.5 Å². The third-order valence-electron chi connectivity index (χ3n) is 4.98. The van der Waals surface area contributed by atoms with Gasteiger partial charge in [-0.1, -0.05) is 34.5 Å². The van der Waals surface area contributed by atoms with Crippen molar-refractivity contribution in [2.75, 3.05) is 26.1 Å². The van der Waals surface area contributed by atoms with Crippen LogP contribution in [0.25, 0.3) is 0 Å². The van der Waals surface area contributed by atoms with Crippen LogP contribution < -0.4 is 20.5 Å². The molecular weight excluding hydrogens is 394 g/mol.